The van der Waals surface area contributed by atoms with Crippen LogP contribution in [-0.2, 0) is 6.54 Å². The molecule has 1 aromatic heterocycles. The van der Waals surface area contributed by atoms with Gasteiger partial charge in [-0.15, -0.1) is 11.3 Å². The summed E-state index contributed by atoms with van der Waals surface area (Å²) in [6, 6.07) is 0. The molecule has 2 rings (SSSR count). The zero-order valence-corrected chi connectivity index (χ0v) is 15.1. The number of thiazole rings is 1. The summed E-state index contributed by atoms with van der Waals surface area (Å²) in [5.74, 6) is 1.83. The quantitative estimate of drug-likeness (QED) is 0.666. The van der Waals surface area contributed by atoms with Crippen molar-refractivity contribution in [2.24, 2.45) is 10.9 Å². The largest absolute Gasteiger partial charge is 0.355 e. The van der Waals surface area contributed by atoms with E-state index in [9.17, 15) is 0 Å². The molecule has 6 heteroatoms. The second-order valence-electron chi connectivity index (χ2n) is 6.21. The van der Waals surface area contributed by atoms with Gasteiger partial charge < -0.3 is 15.1 Å². The minimum Gasteiger partial charge on any atom is -0.355 e. The summed E-state index contributed by atoms with van der Waals surface area (Å²) in [6.45, 7) is 9.69. The van der Waals surface area contributed by atoms with Crippen LogP contribution in [0, 0.1) is 12.8 Å². The number of nitrogens with zero attached hydrogens (tertiary/aromatic N) is 4. The lowest BCUT2D eigenvalue weighted by molar-refractivity contribution is 0.195. The maximum atomic E-state index is 4.51. The Balaban J connectivity index is 1.72. The van der Waals surface area contributed by atoms with Gasteiger partial charge in [-0.25, -0.2) is 4.98 Å². The fourth-order valence-electron chi connectivity index (χ4n) is 2.79. The summed E-state index contributed by atoms with van der Waals surface area (Å²) in [5, 5.41) is 6.70. The molecule has 0 aliphatic carbocycles. The number of piperidine rings is 1. The predicted octanol–water partition coefficient (Wildman–Crippen LogP) is 2.19. The number of hydrogen-bond donors (Lipinski definition) is 1. The van der Waals surface area contributed by atoms with Crippen LogP contribution in [-0.4, -0.2) is 61.0 Å². The number of rotatable bonds is 5. The highest BCUT2D eigenvalue weighted by Crippen LogP contribution is 2.15. The van der Waals surface area contributed by atoms with Gasteiger partial charge in [0.15, 0.2) is 5.96 Å². The van der Waals surface area contributed by atoms with Crippen LogP contribution >= 0.6 is 11.3 Å². The van der Waals surface area contributed by atoms with Gasteiger partial charge >= 0.3 is 0 Å². The van der Waals surface area contributed by atoms with E-state index in [4.69, 9.17) is 0 Å². The molecule has 124 valence electrons. The highest BCUT2D eigenvalue weighted by atomic mass is 32.1. The van der Waals surface area contributed by atoms with Gasteiger partial charge in [0.25, 0.3) is 0 Å². The average Bonchev–Trinajstić information content (AvgIpc) is 2.90. The standard InChI is InChI=1S/C16H29N5S/c1-13-5-8-21(9-6-13)10-7-18-16(17-3)20(4)11-15-12-22-14(2)19-15/h12-13H,5-11H2,1-4H3,(H,17,18). The normalized spacial score (nSPS) is 17.7. The summed E-state index contributed by atoms with van der Waals surface area (Å²) in [6.07, 6.45) is 2.66. The van der Waals surface area contributed by atoms with E-state index < -0.39 is 0 Å². The predicted molar refractivity (Wildman–Crippen MR) is 94.5 cm³/mol. The van der Waals surface area contributed by atoms with Crippen LogP contribution in [0.5, 0.6) is 0 Å². The van der Waals surface area contributed by atoms with E-state index >= 15 is 0 Å². The number of nitrogens with one attached hydrogen (secondary N) is 1. The van der Waals surface area contributed by atoms with E-state index in [-0.39, 0.29) is 0 Å². The summed E-state index contributed by atoms with van der Waals surface area (Å²) in [4.78, 5) is 13.6. The van der Waals surface area contributed by atoms with E-state index in [1.165, 1.54) is 25.9 Å². The Morgan fingerprint density at radius 3 is 2.82 bits per heavy atom. The van der Waals surface area contributed by atoms with Gasteiger partial charge in [0, 0.05) is 32.6 Å². The van der Waals surface area contributed by atoms with Gasteiger partial charge in [-0.3, -0.25) is 4.99 Å². The van der Waals surface area contributed by atoms with Crippen molar-refractivity contribution in [1.29, 1.82) is 0 Å². The van der Waals surface area contributed by atoms with Crippen LogP contribution in [0.4, 0.5) is 0 Å². The maximum absolute atomic E-state index is 4.51. The molecule has 1 aliphatic rings. The molecule has 2 heterocycles. The second kappa shape index (κ2) is 8.48. The molecule has 22 heavy (non-hydrogen) atoms. The summed E-state index contributed by atoms with van der Waals surface area (Å²) in [5.41, 5.74) is 1.11. The van der Waals surface area contributed by atoms with E-state index in [1.54, 1.807) is 11.3 Å². The Labute approximate surface area is 138 Å². The van der Waals surface area contributed by atoms with Crippen molar-refractivity contribution in [2.75, 3.05) is 40.3 Å². The zero-order valence-electron chi connectivity index (χ0n) is 14.3. The zero-order chi connectivity index (χ0) is 15.9. The Hall–Kier alpha value is -1.14. The third-order valence-corrected chi connectivity index (χ3v) is 5.05. The van der Waals surface area contributed by atoms with Crippen molar-refractivity contribution in [1.82, 2.24) is 20.1 Å². The maximum Gasteiger partial charge on any atom is 0.193 e. The second-order valence-corrected chi connectivity index (χ2v) is 7.27. The monoisotopic (exact) mass is 323 g/mol. The first-order valence-electron chi connectivity index (χ1n) is 8.13. The van der Waals surface area contributed by atoms with E-state index in [1.807, 2.05) is 14.0 Å². The van der Waals surface area contributed by atoms with Crippen LogP contribution in [0.15, 0.2) is 10.4 Å². The molecular formula is C16H29N5S. The summed E-state index contributed by atoms with van der Waals surface area (Å²) >= 11 is 1.70. The first-order valence-corrected chi connectivity index (χ1v) is 9.01. The van der Waals surface area contributed by atoms with Crippen LogP contribution in [0.25, 0.3) is 0 Å². The third kappa shape index (κ3) is 5.25. The van der Waals surface area contributed by atoms with Crippen LogP contribution < -0.4 is 5.32 Å². The van der Waals surface area contributed by atoms with Gasteiger partial charge in [-0.2, -0.15) is 0 Å². The molecule has 0 bridgehead atoms. The fourth-order valence-corrected chi connectivity index (χ4v) is 3.40. The van der Waals surface area contributed by atoms with E-state index in [0.717, 1.165) is 42.2 Å². The molecule has 0 saturated carbocycles. The number of likely N-dealkylation sites (tertiary alicyclic amines) is 1. The molecule has 0 unspecified atom stereocenters. The molecule has 1 aromatic rings. The van der Waals surface area contributed by atoms with Gasteiger partial charge in [0.2, 0.25) is 0 Å². The molecule has 5 nitrogen and oxygen atoms in total. The van der Waals surface area contributed by atoms with Crippen molar-refractivity contribution in [3.63, 3.8) is 0 Å². The molecular weight excluding hydrogens is 294 g/mol. The van der Waals surface area contributed by atoms with Gasteiger partial charge in [0.1, 0.15) is 0 Å². The Bertz CT molecular complexity index is 477. The number of aryl methyl sites for hydroxylation is 1. The van der Waals surface area contributed by atoms with Crippen LogP contribution in [0.1, 0.15) is 30.5 Å². The fraction of sp³-hybridized carbons (Fsp3) is 0.750. The smallest absolute Gasteiger partial charge is 0.193 e. The highest BCUT2D eigenvalue weighted by molar-refractivity contribution is 7.09. The molecule has 1 fully saturated rings. The molecule has 1 saturated heterocycles. The highest BCUT2D eigenvalue weighted by Gasteiger charge is 2.15. The molecule has 0 amide bonds. The molecule has 0 atom stereocenters. The minimum atomic E-state index is 0.797. The van der Waals surface area contributed by atoms with Crippen molar-refractivity contribution >= 4 is 17.3 Å². The van der Waals surface area contributed by atoms with Gasteiger partial charge in [-0.05, 0) is 38.8 Å². The third-order valence-electron chi connectivity index (χ3n) is 4.23. The molecule has 0 radical (unpaired) electrons. The molecule has 1 aliphatic heterocycles. The minimum absolute atomic E-state index is 0.797. The van der Waals surface area contributed by atoms with Gasteiger partial charge in [0.05, 0.1) is 17.2 Å². The number of guanidine groups is 1. The molecule has 1 N–H and O–H groups in total. The van der Waals surface area contributed by atoms with Crippen LogP contribution in [0.2, 0.25) is 0 Å². The molecule has 0 aromatic carbocycles. The SMILES string of the molecule is CN=C(NCCN1CCC(C)CC1)N(C)Cc1csc(C)n1. The van der Waals surface area contributed by atoms with E-state index in [0.29, 0.717) is 0 Å². The van der Waals surface area contributed by atoms with Crippen molar-refractivity contribution in [3.8, 4) is 0 Å². The number of aliphatic imine (C=N–C) groups is 1. The topological polar surface area (TPSA) is 43.8 Å². The lowest BCUT2D eigenvalue weighted by Crippen LogP contribution is -2.43. The number of hydrogen-bond acceptors (Lipinski definition) is 4. The van der Waals surface area contributed by atoms with Crippen LogP contribution in [0.3, 0.4) is 0 Å². The first-order chi connectivity index (χ1) is 10.6. The van der Waals surface area contributed by atoms with E-state index in [2.05, 4.69) is 44.4 Å². The van der Waals surface area contributed by atoms with Crippen molar-refractivity contribution < 1.29 is 0 Å². The lowest BCUT2D eigenvalue weighted by Gasteiger charge is -2.30. The summed E-state index contributed by atoms with van der Waals surface area (Å²) < 4.78 is 0. The van der Waals surface area contributed by atoms with Gasteiger partial charge in [-0.1, -0.05) is 6.92 Å². The lowest BCUT2D eigenvalue weighted by atomic mass is 9.99. The Morgan fingerprint density at radius 1 is 1.50 bits per heavy atom. The average molecular weight is 324 g/mol. The van der Waals surface area contributed by atoms with Crippen molar-refractivity contribution in [3.05, 3.63) is 16.1 Å². The Kier molecular flexibility index (Phi) is 6.64. The molecule has 0 spiro atoms. The van der Waals surface area contributed by atoms with Crippen molar-refractivity contribution in [2.45, 2.75) is 33.2 Å². The Morgan fingerprint density at radius 2 is 2.23 bits per heavy atom. The summed E-state index contributed by atoms with van der Waals surface area (Å²) in [7, 11) is 3.90. The number of aromatic nitrogens is 1. The first kappa shape index (κ1) is 17.2.